The van der Waals surface area contributed by atoms with Gasteiger partial charge in [0, 0.05) is 19.3 Å². The van der Waals surface area contributed by atoms with E-state index in [-0.39, 0.29) is 11.7 Å². The zero-order chi connectivity index (χ0) is 10.3. The van der Waals surface area contributed by atoms with Crippen molar-refractivity contribution in [1.82, 2.24) is 0 Å². The van der Waals surface area contributed by atoms with Gasteiger partial charge < -0.3 is 4.90 Å². The first-order chi connectivity index (χ1) is 6.61. The summed E-state index contributed by atoms with van der Waals surface area (Å²) in [5.74, 6) is 0.348. The number of anilines is 1. The maximum Gasteiger partial charge on any atom is 0.139 e. The van der Waals surface area contributed by atoms with E-state index in [9.17, 15) is 4.79 Å². The molecule has 0 bridgehead atoms. The van der Waals surface area contributed by atoms with Crippen LogP contribution in [-0.2, 0) is 4.79 Å². The molecule has 1 aromatic rings. The summed E-state index contributed by atoms with van der Waals surface area (Å²) in [6.07, 6.45) is 0. The molecule has 2 rings (SSSR count). The molecule has 1 aliphatic rings. The lowest BCUT2D eigenvalue weighted by Gasteiger charge is -2.11. The highest BCUT2D eigenvalue weighted by Crippen LogP contribution is 2.37. The van der Waals surface area contributed by atoms with Crippen LogP contribution in [-0.4, -0.2) is 19.4 Å². The monoisotopic (exact) mass is 189 g/mol. The lowest BCUT2D eigenvalue weighted by Crippen LogP contribution is -2.18. The number of carbonyl (C=O) groups is 1. The van der Waals surface area contributed by atoms with Crippen LogP contribution in [0.15, 0.2) is 18.2 Å². The van der Waals surface area contributed by atoms with Gasteiger partial charge >= 0.3 is 0 Å². The van der Waals surface area contributed by atoms with Gasteiger partial charge in [-0.25, -0.2) is 0 Å². The fourth-order valence-corrected chi connectivity index (χ4v) is 2.25. The Kier molecular flexibility index (Phi) is 2.06. The van der Waals surface area contributed by atoms with Crippen molar-refractivity contribution in [3.05, 3.63) is 29.3 Å². The lowest BCUT2D eigenvalue weighted by molar-refractivity contribution is -0.118. The van der Waals surface area contributed by atoms with E-state index in [1.165, 1.54) is 16.8 Å². The van der Waals surface area contributed by atoms with Crippen molar-refractivity contribution in [2.24, 2.45) is 0 Å². The van der Waals surface area contributed by atoms with Crippen LogP contribution in [0.25, 0.3) is 0 Å². The molecule has 0 saturated heterocycles. The first-order valence-corrected chi connectivity index (χ1v) is 4.92. The predicted molar refractivity (Wildman–Crippen MR) is 57.9 cm³/mol. The Hall–Kier alpha value is -1.31. The summed E-state index contributed by atoms with van der Waals surface area (Å²) < 4.78 is 0. The number of hydrogen-bond acceptors (Lipinski definition) is 2. The summed E-state index contributed by atoms with van der Waals surface area (Å²) in [6.45, 7) is 4.59. The second-order valence-corrected chi connectivity index (χ2v) is 4.05. The molecular formula is C12H15NO. The summed E-state index contributed by atoms with van der Waals surface area (Å²) in [7, 11) is 2.04. The van der Waals surface area contributed by atoms with E-state index in [0.717, 1.165) is 6.54 Å². The predicted octanol–water partition coefficient (Wildman–Crippen LogP) is 2.12. The molecule has 0 aromatic heterocycles. The van der Waals surface area contributed by atoms with Gasteiger partial charge in [0.2, 0.25) is 0 Å². The number of carbonyl (C=O) groups excluding carboxylic acids is 1. The first kappa shape index (κ1) is 9.25. The summed E-state index contributed by atoms with van der Waals surface area (Å²) in [4.78, 5) is 13.6. The van der Waals surface area contributed by atoms with Crippen LogP contribution in [0.4, 0.5) is 5.69 Å². The second-order valence-electron chi connectivity index (χ2n) is 4.05. The third-order valence-electron chi connectivity index (χ3n) is 3.01. The fourth-order valence-electron chi connectivity index (χ4n) is 2.25. The summed E-state index contributed by atoms with van der Waals surface area (Å²) in [5.41, 5.74) is 3.67. The second kappa shape index (κ2) is 3.12. The van der Waals surface area contributed by atoms with E-state index in [0.29, 0.717) is 0 Å². The minimum absolute atomic E-state index is 0.0798. The van der Waals surface area contributed by atoms with Crippen molar-refractivity contribution < 1.29 is 4.79 Å². The lowest BCUT2D eigenvalue weighted by atomic mass is 9.94. The van der Waals surface area contributed by atoms with Gasteiger partial charge in [-0.05, 0) is 31.0 Å². The quantitative estimate of drug-likeness (QED) is 0.674. The van der Waals surface area contributed by atoms with Gasteiger partial charge in [-0.2, -0.15) is 0 Å². The van der Waals surface area contributed by atoms with Crippen molar-refractivity contribution in [2.75, 3.05) is 18.5 Å². The van der Waals surface area contributed by atoms with Crippen LogP contribution in [0.2, 0.25) is 0 Å². The molecule has 2 heteroatoms. The molecule has 0 saturated carbocycles. The number of rotatable bonds is 1. The highest BCUT2D eigenvalue weighted by Gasteiger charge is 2.30. The molecule has 1 aromatic carbocycles. The number of nitrogens with zero attached hydrogens (tertiary/aromatic N) is 1. The molecule has 2 nitrogen and oxygen atoms in total. The molecule has 0 radical (unpaired) electrons. The molecule has 1 unspecified atom stereocenters. The largest absolute Gasteiger partial charge is 0.373 e. The van der Waals surface area contributed by atoms with Gasteiger partial charge in [0.15, 0.2) is 0 Å². The minimum atomic E-state index is 0.0798. The Balaban J connectivity index is 2.56. The Morgan fingerprint density at radius 2 is 2.21 bits per heavy atom. The smallest absolute Gasteiger partial charge is 0.139 e. The van der Waals surface area contributed by atoms with Crippen LogP contribution < -0.4 is 4.90 Å². The molecule has 14 heavy (non-hydrogen) atoms. The van der Waals surface area contributed by atoms with Crippen molar-refractivity contribution in [1.29, 1.82) is 0 Å². The zero-order valence-corrected chi connectivity index (χ0v) is 8.87. The third kappa shape index (κ3) is 1.22. The summed E-state index contributed by atoms with van der Waals surface area (Å²) >= 11 is 0. The molecule has 74 valence electrons. The van der Waals surface area contributed by atoms with E-state index in [1.807, 2.05) is 13.1 Å². The normalized spacial score (nSPS) is 19.6. The Labute approximate surface area is 84.5 Å². The number of Topliss-reactive ketones (excluding diaryl/α,β-unsaturated/α-hetero) is 1. The highest BCUT2D eigenvalue weighted by molar-refractivity contribution is 5.88. The first-order valence-electron chi connectivity index (χ1n) is 4.92. The molecule has 1 aliphatic heterocycles. The molecule has 0 aliphatic carbocycles. The Bertz CT molecular complexity index is 384. The van der Waals surface area contributed by atoms with Crippen molar-refractivity contribution in [2.45, 2.75) is 19.8 Å². The number of benzene rings is 1. The Morgan fingerprint density at radius 3 is 2.86 bits per heavy atom. The number of aryl methyl sites for hydroxylation is 1. The molecule has 0 spiro atoms. The van der Waals surface area contributed by atoms with E-state index < -0.39 is 0 Å². The number of likely N-dealkylation sites (N-methyl/N-ethyl adjacent to an activating group) is 1. The summed E-state index contributed by atoms with van der Waals surface area (Å²) in [5, 5.41) is 0. The van der Waals surface area contributed by atoms with Crippen LogP contribution in [0.3, 0.4) is 0 Å². The van der Waals surface area contributed by atoms with Crippen LogP contribution >= 0.6 is 0 Å². The minimum Gasteiger partial charge on any atom is -0.373 e. The van der Waals surface area contributed by atoms with Crippen LogP contribution in [0, 0.1) is 6.92 Å². The fraction of sp³-hybridized carbons (Fsp3) is 0.417. The van der Waals surface area contributed by atoms with E-state index in [1.54, 1.807) is 6.92 Å². The molecule has 0 fully saturated rings. The molecule has 0 N–H and O–H groups in total. The average Bonchev–Trinajstić information content (AvgIpc) is 2.46. The molecule has 1 atom stereocenters. The van der Waals surface area contributed by atoms with Gasteiger partial charge in [-0.15, -0.1) is 0 Å². The van der Waals surface area contributed by atoms with Crippen molar-refractivity contribution in [3.63, 3.8) is 0 Å². The van der Waals surface area contributed by atoms with Crippen molar-refractivity contribution >= 4 is 11.5 Å². The topological polar surface area (TPSA) is 20.3 Å². The number of ketones is 1. The van der Waals surface area contributed by atoms with Gasteiger partial charge in [-0.1, -0.05) is 12.1 Å². The van der Waals surface area contributed by atoms with E-state index in [4.69, 9.17) is 0 Å². The van der Waals surface area contributed by atoms with Crippen LogP contribution in [0.1, 0.15) is 24.0 Å². The third-order valence-corrected chi connectivity index (χ3v) is 3.01. The van der Waals surface area contributed by atoms with Crippen LogP contribution in [0.5, 0.6) is 0 Å². The zero-order valence-electron chi connectivity index (χ0n) is 8.87. The Morgan fingerprint density at radius 1 is 1.50 bits per heavy atom. The standard InChI is InChI=1S/C12H15NO/c1-8-5-4-6-11-12(8)10(9(2)14)7-13(11)3/h4-6,10H,7H2,1-3H3. The maximum absolute atomic E-state index is 11.5. The van der Waals surface area contributed by atoms with Gasteiger partial charge in [-0.3, -0.25) is 4.79 Å². The average molecular weight is 189 g/mol. The number of hydrogen-bond donors (Lipinski definition) is 0. The number of fused-ring (bicyclic) bond motifs is 1. The van der Waals surface area contributed by atoms with Gasteiger partial charge in [0.25, 0.3) is 0 Å². The van der Waals surface area contributed by atoms with E-state index in [2.05, 4.69) is 24.0 Å². The summed E-state index contributed by atoms with van der Waals surface area (Å²) in [6, 6.07) is 6.21. The molecular weight excluding hydrogens is 174 g/mol. The molecule has 0 amide bonds. The van der Waals surface area contributed by atoms with Crippen molar-refractivity contribution in [3.8, 4) is 0 Å². The molecule has 1 heterocycles. The van der Waals surface area contributed by atoms with E-state index >= 15 is 0 Å². The SMILES string of the molecule is CC(=O)C1CN(C)c2cccc(C)c21. The highest BCUT2D eigenvalue weighted by atomic mass is 16.1. The maximum atomic E-state index is 11.5. The van der Waals surface area contributed by atoms with Gasteiger partial charge in [0.1, 0.15) is 5.78 Å². The van der Waals surface area contributed by atoms with Gasteiger partial charge in [0.05, 0.1) is 5.92 Å².